The lowest BCUT2D eigenvalue weighted by atomic mass is 9.87. The van der Waals surface area contributed by atoms with E-state index in [2.05, 4.69) is 15.8 Å². The minimum atomic E-state index is 0.105. The molecule has 1 aliphatic carbocycles. The molecule has 1 aromatic heterocycles. The van der Waals surface area contributed by atoms with Crippen molar-refractivity contribution in [2.75, 3.05) is 0 Å². The third-order valence-electron chi connectivity index (χ3n) is 3.36. The van der Waals surface area contributed by atoms with Crippen molar-refractivity contribution in [3.05, 3.63) is 16.1 Å². The van der Waals surface area contributed by atoms with E-state index in [0.29, 0.717) is 18.9 Å². The fourth-order valence-corrected chi connectivity index (χ4v) is 3.04. The topological polar surface area (TPSA) is 54.0 Å². The predicted molar refractivity (Wildman–Crippen MR) is 73.0 cm³/mol. The van der Waals surface area contributed by atoms with Crippen molar-refractivity contribution in [3.63, 3.8) is 0 Å². The third-order valence-corrected chi connectivity index (χ3v) is 4.19. The van der Waals surface area contributed by atoms with E-state index in [1.54, 1.807) is 11.3 Å². The monoisotopic (exact) mass is 267 g/mol. The molecule has 2 N–H and O–H groups in total. The van der Waals surface area contributed by atoms with Gasteiger partial charge in [0.15, 0.2) is 0 Å². The fraction of sp³-hybridized carbons (Fsp3) is 0.692. The molecule has 0 bridgehead atoms. The highest BCUT2D eigenvalue weighted by molar-refractivity contribution is 7.09. The second kappa shape index (κ2) is 6.85. The molecule has 2 rings (SSSR count). The Labute approximate surface area is 112 Å². The summed E-state index contributed by atoms with van der Waals surface area (Å²) in [6.07, 6.45) is 6.97. The minimum absolute atomic E-state index is 0.105. The Morgan fingerprint density at radius 2 is 2.22 bits per heavy atom. The van der Waals surface area contributed by atoms with Crippen LogP contribution in [0.5, 0.6) is 0 Å². The zero-order chi connectivity index (χ0) is 12.8. The molecule has 1 heterocycles. The number of hydrazine groups is 1. The van der Waals surface area contributed by atoms with E-state index in [4.69, 9.17) is 0 Å². The number of amides is 1. The van der Waals surface area contributed by atoms with Crippen LogP contribution in [0.25, 0.3) is 0 Å². The van der Waals surface area contributed by atoms with Crippen molar-refractivity contribution in [3.8, 4) is 0 Å². The van der Waals surface area contributed by atoms with Crippen LogP contribution in [0.4, 0.5) is 0 Å². The van der Waals surface area contributed by atoms with Crippen molar-refractivity contribution in [2.45, 2.75) is 52.0 Å². The summed E-state index contributed by atoms with van der Waals surface area (Å²) >= 11 is 1.63. The van der Waals surface area contributed by atoms with Gasteiger partial charge in [-0.15, -0.1) is 11.3 Å². The van der Waals surface area contributed by atoms with Crippen molar-refractivity contribution in [2.24, 2.45) is 5.92 Å². The molecule has 0 aliphatic heterocycles. The molecule has 0 unspecified atom stereocenters. The van der Waals surface area contributed by atoms with E-state index in [0.717, 1.165) is 10.7 Å². The number of hydrogen-bond donors (Lipinski definition) is 2. The number of aromatic nitrogens is 1. The lowest BCUT2D eigenvalue weighted by Gasteiger charge is -2.20. The predicted octanol–water partition coefficient (Wildman–Crippen LogP) is 2.54. The van der Waals surface area contributed by atoms with E-state index in [1.165, 1.54) is 32.1 Å². The van der Waals surface area contributed by atoms with Gasteiger partial charge in [0.05, 0.1) is 17.2 Å². The Bertz CT molecular complexity index is 385. The average molecular weight is 267 g/mol. The summed E-state index contributed by atoms with van der Waals surface area (Å²) in [5.41, 5.74) is 6.69. The summed E-state index contributed by atoms with van der Waals surface area (Å²) in [6, 6.07) is 0. The maximum atomic E-state index is 11.7. The van der Waals surface area contributed by atoms with Gasteiger partial charge in [-0.05, 0) is 25.7 Å². The van der Waals surface area contributed by atoms with Crippen LogP contribution < -0.4 is 10.9 Å². The maximum absolute atomic E-state index is 11.7. The average Bonchev–Trinajstić information content (AvgIpc) is 2.76. The zero-order valence-corrected chi connectivity index (χ0v) is 11.7. The summed E-state index contributed by atoms with van der Waals surface area (Å²) in [5, 5.41) is 3.07. The van der Waals surface area contributed by atoms with Gasteiger partial charge in [-0.25, -0.2) is 10.4 Å². The second-order valence-corrected chi connectivity index (χ2v) is 6.03. The molecule has 1 aliphatic rings. The van der Waals surface area contributed by atoms with E-state index >= 15 is 0 Å². The Kier molecular flexibility index (Phi) is 5.13. The molecular weight excluding hydrogens is 246 g/mol. The second-order valence-electron chi connectivity index (χ2n) is 4.97. The molecule has 100 valence electrons. The van der Waals surface area contributed by atoms with Gasteiger partial charge in [0.25, 0.3) is 0 Å². The molecule has 0 saturated heterocycles. The number of aryl methyl sites for hydroxylation is 1. The SMILES string of the molecule is Cc1nc(CNNC(=O)CC2CCCCC2)cs1. The van der Waals surface area contributed by atoms with Crippen LogP contribution in [-0.2, 0) is 11.3 Å². The molecule has 1 saturated carbocycles. The van der Waals surface area contributed by atoms with Gasteiger partial charge in [0.1, 0.15) is 0 Å². The van der Waals surface area contributed by atoms with Gasteiger partial charge in [-0.1, -0.05) is 19.3 Å². The first-order valence-corrected chi connectivity index (χ1v) is 7.54. The Balaban J connectivity index is 1.62. The molecule has 0 aromatic carbocycles. The highest BCUT2D eigenvalue weighted by atomic mass is 32.1. The third kappa shape index (κ3) is 4.38. The summed E-state index contributed by atoms with van der Waals surface area (Å²) in [4.78, 5) is 16.0. The Morgan fingerprint density at radius 3 is 2.89 bits per heavy atom. The van der Waals surface area contributed by atoms with Crippen molar-refractivity contribution in [1.29, 1.82) is 0 Å². The number of hydrogen-bond acceptors (Lipinski definition) is 4. The van der Waals surface area contributed by atoms with Gasteiger partial charge in [0.2, 0.25) is 5.91 Å². The molecule has 0 spiro atoms. The Morgan fingerprint density at radius 1 is 1.44 bits per heavy atom. The standard InChI is InChI=1S/C13H21N3OS/c1-10-15-12(9-18-10)8-14-16-13(17)7-11-5-3-2-4-6-11/h9,11,14H,2-8H2,1H3,(H,16,17). The number of nitrogens with zero attached hydrogens (tertiary/aromatic N) is 1. The van der Waals surface area contributed by atoms with Gasteiger partial charge in [0, 0.05) is 11.8 Å². The number of nitrogens with one attached hydrogen (secondary N) is 2. The first-order chi connectivity index (χ1) is 8.74. The number of carbonyl (C=O) groups excluding carboxylic acids is 1. The van der Waals surface area contributed by atoms with E-state index in [9.17, 15) is 4.79 Å². The number of carbonyl (C=O) groups is 1. The smallest absolute Gasteiger partial charge is 0.234 e. The van der Waals surface area contributed by atoms with E-state index in [-0.39, 0.29) is 5.91 Å². The van der Waals surface area contributed by atoms with Gasteiger partial charge in [-0.3, -0.25) is 10.2 Å². The molecule has 0 radical (unpaired) electrons. The molecule has 1 fully saturated rings. The molecule has 1 amide bonds. The molecule has 0 atom stereocenters. The zero-order valence-electron chi connectivity index (χ0n) is 10.9. The molecule has 1 aromatic rings. The highest BCUT2D eigenvalue weighted by Crippen LogP contribution is 2.25. The lowest BCUT2D eigenvalue weighted by Crippen LogP contribution is -2.38. The van der Waals surface area contributed by atoms with Crippen LogP contribution >= 0.6 is 11.3 Å². The van der Waals surface area contributed by atoms with Crippen LogP contribution in [0.15, 0.2) is 5.38 Å². The van der Waals surface area contributed by atoms with Crippen molar-refractivity contribution in [1.82, 2.24) is 15.8 Å². The first kappa shape index (κ1) is 13.5. The Hall–Kier alpha value is -0.940. The minimum Gasteiger partial charge on any atom is -0.291 e. The fourth-order valence-electron chi connectivity index (χ4n) is 2.43. The van der Waals surface area contributed by atoms with Crippen LogP contribution in [-0.4, -0.2) is 10.9 Å². The molecule has 4 nitrogen and oxygen atoms in total. The molecule has 5 heteroatoms. The number of thiazole rings is 1. The summed E-state index contributed by atoms with van der Waals surface area (Å²) in [6.45, 7) is 2.58. The first-order valence-electron chi connectivity index (χ1n) is 6.67. The van der Waals surface area contributed by atoms with Crippen LogP contribution in [0, 0.1) is 12.8 Å². The molecular formula is C13H21N3OS. The van der Waals surface area contributed by atoms with Crippen LogP contribution in [0.3, 0.4) is 0 Å². The lowest BCUT2D eigenvalue weighted by molar-refractivity contribution is -0.123. The largest absolute Gasteiger partial charge is 0.291 e. The highest BCUT2D eigenvalue weighted by Gasteiger charge is 2.16. The molecule has 18 heavy (non-hydrogen) atoms. The van der Waals surface area contributed by atoms with Gasteiger partial charge < -0.3 is 0 Å². The maximum Gasteiger partial charge on any atom is 0.234 e. The number of rotatable bonds is 5. The van der Waals surface area contributed by atoms with E-state index < -0.39 is 0 Å². The normalized spacial score (nSPS) is 16.7. The van der Waals surface area contributed by atoms with Gasteiger partial charge >= 0.3 is 0 Å². The quantitative estimate of drug-likeness (QED) is 0.806. The summed E-state index contributed by atoms with van der Waals surface area (Å²) < 4.78 is 0. The van der Waals surface area contributed by atoms with Crippen LogP contribution in [0.2, 0.25) is 0 Å². The van der Waals surface area contributed by atoms with Crippen molar-refractivity contribution >= 4 is 17.2 Å². The summed E-state index contributed by atoms with van der Waals surface area (Å²) in [7, 11) is 0. The van der Waals surface area contributed by atoms with Gasteiger partial charge in [-0.2, -0.15) is 0 Å². The summed E-state index contributed by atoms with van der Waals surface area (Å²) in [5.74, 6) is 0.691. The van der Waals surface area contributed by atoms with Crippen LogP contribution in [0.1, 0.15) is 49.2 Å². The van der Waals surface area contributed by atoms with E-state index in [1.807, 2.05) is 12.3 Å². The van der Waals surface area contributed by atoms with Crippen molar-refractivity contribution < 1.29 is 4.79 Å².